The van der Waals surface area contributed by atoms with Crippen molar-refractivity contribution in [3.05, 3.63) is 33.8 Å². The van der Waals surface area contributed by atoms with Crippen molar-refractivity contribution >= 4 is 21.7 Å². The number of benzene rings is 1. The largest absolute Gasteiger partial charge is 0.294 e. The Morgan fingerprint density at radius 3 is 2.61 bits per heavy atom. The number of ketones is 1. The molecule has 2 heteroatoms. The molecule has 0 radical (unpaired) electrons. The maximum atomic E-state index is 12.6. The second-order valence-corrected chi connectivity index (χ2v) is 6.67. The van der Waals surface area contributed by atoms with Crippen LogP contribution < -0.4 is 0 Å². The van der Waals surface area contributed by atoms with Gasteiger partial charge < -0.3 is 0 Å². The zero-order chi connectivity index (χ0) is 13.3. The quantitative estimate of drug-likeness (QED) is 0.702. The van der Waals surface area contributed by atoms with Crippen LogP contribution in [0.4, 0.5) is 0 Å². The molecule has 0 N–H and O–H groups in total. The lowest BCUT2D eigenvalue weighted by molar-refractivity contribution is 0.0836. The lowest BCUT2D eigenvalue weighted by atomic mass is 9.73. The molecule has 1 aromatic carbocycles. The number of carbonyl (C=O) groups excluding carboxylic acids is 1. The summed E-state index contributed by atoms with van der Waals surface area (Å²) in [6.07, 6.45) is 3.27. The monoisotopic (exact) mass is 308 g/mol. The van der Waals surface area contributed by atoms with Gasteiger partial charge in [-0.15, -0.1) is 0 Å². The minimum absolute atomic E-state index is 0.217. The molecule has 0 saturated heterocycles. The predicted molar refractivity (Wildman–Crippen MR) is 78.9 cm³/mol. The number of aryl methyl sites for hydroxylation is 1. The number of hydrogen-bond acceptors (Lipinski definition) is 1. The summed E-state index contributed by atoms with van der Waals surface area (Å²) < 4.78 is 0.935. The van der Waals surface area contributed by atoms with Crippen LogP contribution in [0.2, 0.25) is 0 Å². The molecule has 0 heterocycles. The van der Waals surface area contributed by atoms with Crippen molar-refractivity contribution in [2.75, 3.05) is 0 Å². The molecule has 1 aromatic rings. The standard InChI is InChI=1S/C16H21BrO/c1-10-4-7-15(17)14(8-10)16(18)13-6-5-11(2)12(3)9-13/h4,7-8,11-13H,5-6,9H2,1-3H3. The normalized spacial score (nSPS) is 28.1. The van der Waals surface area contributed by atoms with Crippen molar-refractivity contribution in [3.8, 4) is 0 Å². The second-order valence-electron chi connectivity index (χ2n) is 5.81. The van der Waals surface area contributed by atoms with Crippen LogP contribution in [0.5, 0.6) is 0 Å². The van der Waals surface area contributed by atoms with E-state index in [1.165, 1.54) is 6.42 Å². The molecule has 0 bridgehead atoms. The zero-order valence-corrected chi connectivity index (χ0v) is 13.0. The molecule has 18 heavy (non-hydrogen) atoms. The topological polar surface area (TPSA) is 17.1 Å². The Morgan fingerprint density at radius 1 is 1.22 bits per heavy atom. The van der Waals surface area contributed by atoms with Crippen LogP contribution >= 0.6 is 15.9 Å². The van der Waals surface area contributed by atoms with Gasteiger partial charge in [-0.1, -0.05) is 41.4 Å². The fourth-order valence-electron chi connectivity index (χ4n) is 2.83. The number of halogens is 1. The zero-order valence-electron chi connectivity index (χ0n) is 11.4. The van der Waals surface area contributed by atoms with Crippen molar-refractivity contribution in [1.82, 2.24) is 0 Å². The molecule has 2 rings (SSSR count). The van der Waals surface area contributed by atoms with Gasteiger partial charge in [0.15, 0.2) is 5.78 Å². The van der Waals surface area contributed by atoms with Gasteiger partial charge in [0.2, 0.25) is 0 Å². The van der Waals surface area contributed by atoms with Crippen LogP contribution in [0.1, 0.15) is 49.0 Å². The minimum Gasteiger partial charge on any atom is -0.294 e. The molecule has 3 atom stereocenters. The van der Waals surface area contributed by atoms with Crippen LogP contribution in [-0.4, -0.2) is 5.78 Å². The van der Waals surface area contributed by atoms with Crippen molar-refractivity contribution in [3.63, 3.8) is 0 Å². The molecule has 98 valence electrons. The first-order chi connectivity index (χ1) is 8.49. The van der Waals surface area contributed by atoms with Gasteiger partial charge in [-0.2, -0.15) is 0 Å². The van der Waals surface area contributed by atoms with Crippen molar-refractivity contribution in [2.45, 2.75) is 40.0 Å². The van der Waals surface area contributed by atoms with Crippen molar-refractivity contribution < 1.29 is 4.79 Å². The smallest absolute Gasteiger partial charge is 0.167 e. The van der Waals surface area contributed by atoms with Gasteiger partial charge in [0.1, 0.15) is 0 Å². The van der Waals surface area contributed by atoms with E-state index in [9.17, 15) is 4.79 Å². The van der Waals surface area contributed by atoms with Crippen LogP contribution in [-0.2, 0) is 0 Å². The van der Waals surface area contributed by atoms with Crippen LogP contribution in [0.3, 0.4) is 0 Å². The molecule has 1 saturated carbocycles. The molecule has 1 nitrogen and oxygen atoms in total. The van der Waals surface area contributed by atoms with Crippen LogP contribution in [0.15, 0.2) is 22.7 Å². The molecule has 0 spiro atoms. The fourth-order valence-corrected chi connectivity index (χ4v) is 3.28. The third-order valence-electron chi connectivity index (χ3n) is 4.36. The highest BCUT2D eigenvalue weighted by Crippen LogP contribution is 2.36. The molecule has 1 aliphatic rings. The summed E-state index contributed by atoms with van der Waals surface area (Å²) in [5.41, 5.74) is 2.01. The van der Waals surface area contributed by atoms with E-state index in [-0.39, 0.29) is 5.92 Å². The Kier molecular flexibility index (Phi) is 4.26. The van der Waals surface area contributed by atoms with E-state index in [1.54, 1.807) is 0 Å². The van der Waals surface area contributed by atoms with E-state index in [0.717, 1.165) is 34.4 Å². The summed E-state index contributed by atoms with van der Waals surface area (Å²) in [6.45, 7) is 6.61. The highest BCUT2D eigenvalue weighted by Gasteiger charge is 2.30. The second kappa shape index (κ2) is 5.56. The van der Waals surface area contributed by atoms with Gasteiger partial charge in [-0.3, -0.25) is 4.79 Å². The molecule has 0 aromatic heterocycles. The average Bonchev–Trinajstić information content (AvgIpc) is 2.35. The number of rotatable bonds is 2. The minimum atomic E-state index is 0.217. The molecule has 0 amide bonds. The Balaban J connectivity index is 2.19. The third kappa shape index (κ3) is 2.85. The van der Waals surface area contributed by atoms with E-state index in [1.807, 2.05) is 25.1 Å². The SMILES string of the molecule is Cc1ccc(Br)c(C(=O)C2CCC(C)C(C)C2)c1. The maximum absolute atomic E-state index is 12.6. The Labute approximate surface area is 118 Å². The van der Waals surface area contributed by atoms with Gasteiger partial charge in [0.05, 0.1) is 0 Å². The van der Waals surface area contributed by atoms with E-state index in [2.05, 4.69) is 29.8 Å². The summed E-state index contributed by atoms with van der Waals surface area (Å²) in [5.74, 6) is 1.96. The molecule has 1 fully saturated rings. The number of carbonyl (C=O) groups is 1. The summed E-state index contributed by atoms with van der Waals surface area (Å²) in [5, 5.41) is 0. The van der Waals surface area contributed by atoms with Gasteiger partial charge >= 0.3 is 0 Å². The predicted octanol–water partition coefficient (Wildman–Crippen LogP) is 5.01. The molecule has 1 aliphatic carbocycles. The number of hydrogen-bond donors (Lipinski definition) is 0. The maximum Gasteiger partial charge on any atom is 0.167 e. The fraction of sp³-hybridized carbons (Fsp3) is 0.562. The van der Waals surface area contributed by atoms with Gasteiger partial charge in [-0.05, 0) is 50.2 Å². The Morgan fingerprint density at radius 2 is 1.94 bits per heavy atom. The first kappa shape index (κ1) is 13.8. The lowest BCUT2D eigenvalue weighted by Crippen LogP contribution is -2.26. The van der Waals surface area contributed by atoms with E-state index in [0.29, 0.717) is 11.7 Å². The highest BCUT2D eigenvalue weighted by atomic mass is 79.9. The summed E-state index contributed by atoms with van der Waals surface area (Å²) in [6, 6.07) is 6.03. The highest BCUT2D eigenvalue weighted by molar-refractivity contribution is 9.10. The van der Waals surface area contributed by atoms with Gasteiger partial charge in [0, 0.05) is 16.0 Å². The van der Waals surface area contributed by atoms with Gasteiger partial charge in [-0.25, -0.2) is 0 Å². The first-order valence-corrected chi connectivity index (χ1v) is 7.58. The van der Waals surface area contributed by atoms with E-state index >= 15 is 0 Å². The Bertz CT molecular complexity index is 452. The Hall–Kier alpha value is -0.630. The third-order valence-corrected chi connectivity index (χ3v) is 5.05. The molecular formula is C16H21BrO. The summed E-state index contributed by atoms with van der Waals surface area (Å²) in [4.78, 5) is 12.6. The van der Waals surface area contributed by atoms with Crippen LogP contribution in [0, 0.1) is 24.7 Å². The van der Waals surface area contributed by atoms with Crippen LogP contribution in [0.25, 0.3) is 0 Å². The number of Topliss-reactive ketones (excluding diaryl/α,β-unsaturated/α-hetero) is 1. The lowest BCUT2D eigenvalue weighted by Gasteiger charge is -2.31. The average molecular weight is 309 g/mol. The van der Waals surface area contributed by atoms with Crippen molar-refractivity contribution in [2.24, 2.45) is 17.8 Å². The molecular weight excluding hydrogens is 288 g/mol. The first-order valence-electron chi connectivity index (χ1n) is 6.79. The molecule has 3 unspecified atom stereocenters. The van der Waals surface area contributed by atoms with E-state index < -0.39 is 0 Å². The van der Waals surface area contributed by atoms with E-state index in [4.69, 9.17) is 0 Å². The summed E-state index contributed by atoms with van der Waals surface area (Å²) >= 11 is 3.50. The molecule has 0 aliphatic heterocycles. The summed E-state index contributed by atoms with van der Waals surface area (Å²) in [7, 11) is 0. The van der Waals surface area contributed by atoms with Crippen molar-refractivity contribution in [1.29, 1.82) is 0 Å². The van der Waals surface area contributed by atoms with Gasteiger partial charge in [0.25, 0.3) is 0 Å².